The van der Waals surface area contributed by atoms with E-state index in [1.54, 1.807) is 6.33 Å². The van der Waals surface area contributed by atoms with E-state index in [4.69, 9.17) is 0 Å². The minimum Gasteiger partial charge on any atom is -0.348 e. The molecule has 0 aliphatic rings. The molecule has 0 bridgehead atoms. The van der Waals surface area contributed by atoms with E-state index in [1.165, 1.54) is 22.4 Å². The Labute approximate surface area is 90.4 Å². The molecule has 1 atom stereocenters. The van der Waals surface area contributed by atoms with Gasteiger partial charge in [-0.2, -0.15) is 0 Å². The topological polar surface area (TPSA) is 28.7 Å². The van der Waals surface area contributed by atoms with E-state index in [1.807, 2.05) is 6.20 Å². The number of rotatable bonds is 2. The van der Waals surface area contributed by atoms with Crippen LogP contribution < -0.4 is 0 Å². The fraction of sp³-hybridized carbons (Fsp3) is 0.308. The highest BCUT2D eigenvalue weighted by Crippen LogP contribution is 2.25. The lowest BCUT2D eigenvalue weighted by Crippen LogP contribution is -1.99. The molecule has 0 unspecified atom stereocenters. The highest BCUT2D eigenvalue weighted by molar-refractivity contribution is 5.36. The summed E-state index contributed by atoms with van der Waals surface area (Å²) >= 11 is 0. The Morgan fingerprint density at radius 2 is 2.07 bits per heavy atom. The smallest absolute Gasteiger partial charge is 0.0921 e. The Bertz CT molecular complexity index is 444. The molecule has 0 aliphatic heterocycles. The Morgan fingerprint density at radius 3 is 2.67 bits per heavy atom. The average Bonchev–Trinajstić information content (AvgIpc) is 2.69. The number of aromatic amines is 1. The van der Waals surface area contributed by atoms with Gasteiger partial charge in [0.2, 0.25) is 0 Å². The standard InChI is InChI=1S/C13H16N2/c1-9-4-5-12(10(2)6-9)11(3)13-7-14-8-15-13/h4-8,11H,1-3H3,(H,14,15)/t11-/m1/s1. The first kappa shape index (κ1) is 9.97. The molecule has 1 aromatic heterocycles. The Hall–Kier alpha value is -1.57. The molecule has 1 aromatic carbocycles. The van der Waals surface area contributed by atoms with E-state index in [-0.39, 0.29) is 0 Å². The Kier molecular flexibility index (Phi) is 2.58. The van der Waals surface area contributed by atoms with E-state index in [0.29, 0.717) is 5.92 Å². The van der Waals surface area contributed by atoms with E-state index in [0.717, 1.165) is 0 Å². The van der Waals surface area contributed by atoms with Crippen LogP contribution in [-0.2, 0) is 0 Å². The molecular formula is C13H16N2. The zero-order chi connectivity index (χ0) is 10.8. The summed E-state index contributed by atoms with van der Waals surface area (Å²) in [5, 5.41) is 0. The quantitative estimate of drug-likeness (QED) is 0.792. The van der Waals surface area contributed by atoms with Gasteiger partial charge in [0.25, 0.3) is 0 Å². The van der Waals surface area contributed by atoms with Crippen molar-refractivity contribution in [3.63, 3.8) is 0 Å². The monoisotopic (exact) mass is 200 g/mol. The van der Waals surface area contributed by atoms with Gasteiger partial charge in [-0.1, -0.05) is 30.7 Å². The first-order valence-electron chi connectivity index (χ1n) is 5.24. The van der Waals surface area contributed by atoms with E-state index < -0.39 is 0 Å². The third-order valence-corrected chi connectivity index (χ3v) is 2.88. The summed E-state index contributed by atoms with van der Waals surface area (Å²) < 4.78 is 0. The van der Waals surface area contributed by atoms with Crippen LogP contribution in [0.5, 0.6) is 0 Å². The largest absolute Gasteiger partial charge is 0.348 e. The Morgan fingerprint density at radius 1 is 1.27 bits per heavy atom. The molecule has 2 aromatic rings. The van der Waals surface area contributed by atoms with Crippen molar-refractivity contribution >= 4 is 0 Å². The van der Waals surface area contributed by atoms with Gasteiger partial charge in [-0.15, -0.1) is 0 Å². The number of H-pyrrole nitrogens is 1. The number of aryl methyl sites for hydroxylation is 2. The maximum Gasteiger partial charge on any atom is 0.0921 e. The molecule has 78 valence electrons. The molecule has 2 heteroatoms. The molecule has 0 saturated heterocycles. The molecule has 0 fully saturated rings. The van der Waals surface area contributed by atoms with Gasteiger partial charge in [-0.3, -0.25) is 0 Å². The Balaban J connectivity index is 2.38. The molecule has 1 heterocycles. The van der Waals surface area contributed by atoms with Crippen molar-refractivity contribution in [2.45, 2.75) is 26.7 Å². The second-order valence-electron chi connectivity index (χ2n) is 4.09. The zero-order valence-corrected chi connectivity index (χ0v) is 9.41. The van der Waals surface area contributed by atoms with Crippen molar-refractivity contribution in [2.24, 2.45) is 0 Å². The predicted octanol–water partition coefficient (Wildman–Crippen LogP) is 3.18. The molecule has 0 saturated carbocycles. The first-order valence-corrected chi connectivity index (χ1v) is 5.24. The lowest BCUT2D eigenvalue weighted by Gasteiger charge is -2.13. The number of hydrogen-bond donors (Lipinski definition) is 1. The van der Waals surface area contributed by atoms with Crippen LogP contribution in [0.3, 0.4) is 0 Å². The summed E-state index contributed by atoms with van der Waals surface area (Å²) in [6, 6.07) is 6.59. The van der Waals surface area contributed by atoms with Crippen LogP contribution in [0, 0.1) is 13.8 Å². The molecule has 0 spiro atoms. The van der Waals surface area contributed by atoms with Crippen LogP contribution in [0.4, 0.5) is 0 Å². The van der Waals surface area contributed by atoms with Crippen molar-refractivity contribution in [3.05, 3.63) is 53.1 Å². The van der Waals surface area contributed by atoms with Crippen molar-refractivity contribution in [1.82, 2.24) is 9.97 Å². The van der Waals surface area contributed by atoms with Gasteiger partial charge in [-0.05, 0) is 25.0 Å². The summed E-state index contributed by atoms with van der Waals surface area (Å²) in [7, 11) is 0. The fourth-order valence-corrected chi connectivity index (χ4v) is 1.98. The maximum atomic E-state index is 4.06. The van der Waals surface area contributed by atoms with Crippen LogP contribution in [0.2, 0.25) is 0 Å². The van der Waals surface area contributed by atoms with Crippen LogP contribution in [0.15, 0.2) is 30.7 Å². The highest BCUT2D eigenvalue weighted by Gasteiger charge is 2.11. The average molecular weight is 200 g/mol. The molecule has 0 amide bonds. The van der Waals surface area contributed by atoms with Crippen molar-refractivity contribution in [1.29, 1.82) is 0 Å². The number of hydrogen-bond acceptors (Lipinski definition) is 1. The third kappa shape index (κ3) is 1.94. The molecule has 2 rings (SSSR count). The minimum absolute atomic E-state index is 0.382. The molecule has 15 heavy (non-hydrogen) atoms. The third-order valence-electron chi connectivity index (χ3n) is 2.88. The van der Waals surface area contributed by atoms with Gasteiger partial charge >= 0.3 is 0 Å². The van der Waals surface area contributed by atoms with Crippen molar-refractivity contribution in [3.8, 4) is 0 Å². The van der Waals surface area contributed by atoms with Crippen molar-refractivity contribution in [2.75, 3.05) is 0 Å². The molecule has 0 radical (unpaired) electrons. The van der Waals surface area contributed by atoms with Crippen LogP contribution in [-0.4, -0.2) is 9.97 Å². The van der Waals surface area contributed by atoms with Gasteiger partial charge in [0.05, 0.1) is 6.33 Å². The predicted molar refractivity (Wildman–Crippen MR) is 62.0 cm³/mol. The summed E-state index contributed by atoms with van der Waals surface area (Å²) in [4.78, 5) is 7.23. The normalized spacial score (nSPS) is 12.7. The van der Waals surface area contributed by atoms with Gasteiger partial charge < -0.3 is 4.98 Å². The van der Waals surface area contributed by atoms with Gasteiger partial charge in [0, 0.05) is 17.8 Å². The van der Waals surface area contributed by atoms with Crippen LogP contribution >= 0.6 is 0 Å². The number of imidazole rings is 1. The summed E-state index contributed by atoms with van der Waals surface area (Å²) in [5.74, 6) is 0.382. The minimum atomic E-state index is 0.382. The zero-order valence-electron chi connectivity index (χ0n) is 9.41. The number of nitrogens with one attached hydrogen (secondary N) is 1. The molecule has 1 N–H and O–H groups in total. The highest BCUT2D eigenvalue weighted by atomic mass is 14.9. The van der Waals surface area contributed by atoms with Crippen LogP contribution in [0.25, 0.3) is 0 Å². The van der Waals surface area contributed by atoms with Gasteiger partial charge in [0.1, 0.15) is 0 Å². The first-order chi connectivity index (χ1) is 7.18. The number of aromatic nitrogens is 2. The second-order valence-corrected chi connectivity index (χ2v) is 4.09. The number of nitrogens with zero attached hydrogens (tertiary/aromatic N) is 1. The summed E-state index contributed by atoms with van der Waals surface area (Å²) in [6.07, 6.45) is 3.62. The van der Waals surface area contributed by atoms with E-state index in [9.17, 15) is 0 Å². The van der Waals surface area contributed by atoms with Gasteiger partial charge in [0.15, 0.2) is 0 Å². The summed E-state index contributed by atoms with van der Waals surface area (Å²) in [5.41, 5.74) is 5.19. The lowest BCUT2D eigenvalue weighted by atomic mass is 9.93. The van der Waals surface area contributed by atoms with Gasteiger partial charge in [-0.25, -0.2) is 4.98 Å². The maximum absolute atomic E-state index is 4.06. The molecular weight excluding hydrogens is 184 g/mol. The molecule has 2 nitrogen and oxygen atoms in total. The van der Waals surface area contributed by atoms with Crippen LogP contribution in [0.1, 0.15) is 35.2 Å². The second kappa shape index (κ2) is 3.89. The number of benzene rings is 1. The molecule has 0 aliphatic carbocycles. The SMILES string of the molecule is Cc1ccc([C@@H](C)c2cnc[nH]2)c(C)c1. The van der Waals surface area contributed by atoms with E-state index >= 15 is 0 Å². The fourth-order valence-electron chi connectivity index (χ4n) is 1.98. The summed E-state index contributed by atoms with van der Waals surface area (Å²) in [6.45, 7) is 6.48. The van der Waals surface area contributed by atoms with E-state index in [2.05, 4.69) is 48.9 Å². The van der Waals surface area contributed by atoms with Crippen molar-refractivity contribution < 1.29 is 0 Å². The lowest BCUT2D eigenvalue weighted by molar-refractivity contribution is 0.872.